The summed E-state index contributed by atoms with van der Waals surface area (Å²) >= 11 is 0. The van der Waals surface area contributed by atoms with Crippen LogP contribution in [0.4, 0.5) is 39.0 Å². The van der Waals surface area contributed by atoms with Crippen LogP contribution in [0, 0.1) is 0 Å². The van der Waals surface area contributed by atoms with Gasteiger partial charge >= 0.3 is 6.18 Å². The van der Waals surface area contributed by atoms with Crippen molar-refractivity contribution in [3.05, 3.63) is 53.6 Å². The first kappa shape index (κ1) is 26.8. The molecule has 1 aliphatic heterocycles. The maximum atomic E-state index is 14.4. The van der Waals surface area contributed by atoms with Crippen LogP contribution in [-0.2, 0) is 17.5 Å². The van der Waals surface area contributed by atoms with Gasteiger partial charge in [-0.2, -0.15) is 13.2 Å². The van der Waals surface area contributed by atoms with E-state index in [0.29, 0.717) is 35.6 Å². The van der Waals surface area contributed by atoms with E-state index in [1.165, 1.54) is 12.1 Å². The number of amides is 1. The summed E-state index contributed by atoms with van der Waals surface area (Å²) in [7, 11) is 0. The van der Waals surface area contributed by atoms with E-state index in [1.54, 1.807) is 12.1 Å². The average Bonchev–Trinajstić information content (AvgIpc) is 3.37. The van der Waals surface area contributed by atoms with Crippen molar-refractivity contribution in [3.8, 4) is 0 Å². The van der Waals surface area contributed by atoms with Gasteiger partial charge in [0.1, 0.15) is 6.17 Å². The highest BCUT2D eigenvalue weighted by Crippen LogP contribution is 2.33. The molecule has 1 amide bonds. The first-order valence-corrected chi connectivity index (χ1v) is 12.1. The third-order valence-electron chi connectivity index (χ3n) is 6.13. The molecule has 1 aliphatic rings. The van der Waals surface area contributed by atoms with Gasteiger partial charge in [-0.05, 0) is 55.2 Å². The van der Waals surface area contributed by atoms with Gasteiger partial charge in [0.25, 0.3) is 5.91 Å². The van der Waals surface area contributed by atoms with Crippen molar-refractivity contribution in [1.82, 2.24) is 0 Å². The van der Waals surface area contributed by atoms with Crippen LogP contribution in [-0.4, -0.2) is 31.3 Å². The number of nitrogens with one attached hydrogen (secondary N) is 2. The first-order chi connectivity index (χ1) is 16.7. The Labute approximate surface area is 202 Å². The molecule has 0 saturated carbocycles. The number of anilines is 3. The lowest BCUT2D eigenvalue weighted by Gasteiger charge is -2.24. The average molecular weight is 498 g/mol. The summed E-state index contributed by atoms with van der Waals surface area (Å²) in [5.41, 5.74) is 1.77. The number of halogens is 5. The molecule has 2 atom stereocenters. The quantitative estimate of drug-likeness (QED) is 0.257. The number of rotatable bonds is 11. The Hall–Kier alpha value is -2.84. The first-order valence-electron chi connectivity index (χ1n) is 12.1. The lowest BCUT2D eigenvalue weighted by Crippen LogP contribution is -2.33. The van der Waals surface area contributed by atoms with Gasteiger partial charge in [0.2, 0.25) is 6.17 Å². The van der Waals surface area contributed by atoms with Crippen molar-refractivity contribution in [2.45, 2.75) is 70.5 Å². The van der Waals surface area contributed by atoms with Crippen molar-refractivity contribution < 1.29 is 26.7 Å². The third kappa shape index (κ3) is 7.57. The highest BCUT2D eigenvalue weighted by atomic mass is 19.4. The van der Waals surface area contributed by atoms with Crippen LogP contribution in [0.25, 0.3) is 0 Å². The minimum absolute atomic E-state index is 0.00815. The molecule has 2 N–H and O–H groups in total. The Kier molecular flexibility index (Phi) is 9.34. The molecule has 0 spiro atoms. The van der Waals surface area contributed by atoms with E-state index in [1.807, 2.05) is 13.0 Å². The molecule has 1 saturated heterocycles. The second-order valence-corrected chi connectivity index (χ2v) is 8.88. The fourth-order valence-electron chi connectivity index (χ4n) is 4.08. The molecule has 35 heavy (non-hydrogen) atoms. The van der Waals surface area contributed by atoms with Gasteiger partial charge in [-0.3, -0.25) is 4.79 Å². The van der Waals surface area contributed by atoms with Gasteiger partial charge in [0.05, 0.1) is 16.9 Å². The zero-order valence-electron chi connectivity index (χ0n) is 19.8. The molecule has 1 fully saturated rings. The zero-order valence-corrected chi connectivity index (χ0v) is 19.8. The topological polar surface area (TPSA) is 44.4 Å². The highest BCUT2D eigenvalue weighted by Gasteiger charge is 2.30. The van der Waals surface area contributed by atoms with Crippen LogP contribution in [0.2, 0.25) is 0 Å². The van der Waals surface area contributed by atoms with Crippen LogP contribution < -0.4 is 15.5 Å². The van der Waals surface area contributed by atoms with E-state index in [0.717, 1.165) is 50.9 Å². The summed E-state index contributed by atoms with van der Waals surface area (Å²) in [5.74, 6) is -1.00. The van der Waals surface area contributed by atoms with E-state index < -0.39 is 30.0 Å². The number of carbonyl (C=O) groups excluding carboxylic acids is 1. The number of alkyl halides is 5. The van der Waals surface area contributed by atoms with E-state index >= 15 is 0 Å². The molecule has 0 bridgehead atoms. The Morgan fingerprint density at radius 3 is 2.34 bits per heavy atom. The lowest BCUT2D eigenvalue weighted by atomic mass is 10.1. The molecule has 0 radical (unpaired) electrons. The summed E-state index contributed by atoms with van der Waals surface area (Å²) < 4.78 is 66.9. The Morgan fingerprint density at radius 1 is 1.03 bits per heavy atom. The van der Waals surface area contributed by atoms with Gasteiger partial charge in [-0.1, -0.05) is 38.3 Å². The van der Waals surface area contributed by atoms with E-state index in [2.05, 4.69) is 15.5 Å². The molecule has 1 heterocycles. The maximum absolute atomic E-state index is 14.4. The maximum Gasteiger partial charge on any atom is 0.416 e. The molecular formula is C26H32F5N3O. The second-order valence-electron chi connectivity index (χ2n) is 8.88. The molecule has 192 valence electrons. The minimum atomic E-state index is -4.38. The summed E-state index contributed by atoms with van der Waals surface area (Å²) in [6.07, 6.45) is -4.30. The highest BCUT2D eigenvalue weighted by molar-refractivity contribution is 5.98. The SMILES string of the molecule is CCCCC[C@H](F)[C@H](F)C(=O)Nc1ccc(NCc2ccc(C(F)(F)F)cc2)cc1N1CCCC1. The Balaban J connectivity index is 1.68. The van der Waals surface area contributed by atoms with Gasteiger partial charge in [0.15, 0.2) is 0 Å². The summed E-state index contributed by atoms with van der Waals surface area (Å²) in [5, 5.41) is 5.73. The number of benzene rings is 2. The smallest absolute Gasteiger partial charge is 0.381 e. The third-order valence-corrected chi connectivity index (χ3v) is 6.13. The fraction of sp³-hybridized carbons (Fsp3) is 0.500. The molecular weight excluding hydrogens is 465 g/mol. The lowest BCUT2D eigenvalue weighted by molar-refractivity contribution is -0.137. The van der Waals surface area contributed by atoms with Gasteiger partial charge < -0.3 is 15.5 Å². The summed E-state index contributed by atoms with van der Waals surface area (Å²) in [6.45, 7) is 3.81. The van der Waals surface area contributed by atoms with E-state index in [-0.39, 0.29) is 6.42 Å². The van der Waals surface area contributed by atoms with E-state index in [9.17, 15) is 26.7 Å². The van der Waals surface area contributed by atoms with Crippen molar-refractivity contribution in [2.24, 2.45) is 0 Å². The number of hydrogen-bond acceptors (Lipinski definition) is 3. The number of hydrogen-bond donors (Lipinski definition) is 2. The fourth-order valence-corrected chi connectivity index (χ4v) is 4.08. The van der Waals surface area contributed by atoms with Crippen LogP contribution >= 0.6 is 0 Å². The molecule has 9 heteroatoms. The van der Waals surface area contributed by atoms with Gasteiger partial charge in [-0.15, -0.1) is 0 Å². The molecule has 2 aromatic rings. The molecule has 4 nitrogen and oxygen atoms in total. The van der Waals surface area contributed by atoms with Gasteiger partial charge in [-0.25, -0.2) is 8.78 Å². The van der Waals surface area contributed by atoms with Gasteiger partial charge in [0, 0.05) is 25.3 Å². The summed E-state index contributed by atoms with van der Waals surface area (Å²) in [6, 6.07) is 10.1. The van der Waals surface area contributed by atoms with Crippen molar-refractivity contribution in [1.29, 1.82) is 0 Å². The standard InChI is InChI=1S/C26H32F5N3O/c1-2-3-4-7-21(27)24(28)25(35)33-22-13-12-20(16-23(22)34-14-5-6-15-34)32-17-18-8-10-19(11-9-18)26(29,30)31/h8-13,16,21,24,32H,2-7,14-15,17H2,1H3,(H,33,35)/t21-,24-/m0/s1. The summed E-state index contributed by atoms with van der Waals surface area (Å²) in [4.78, 5) is 14.5. The molecule has 0 aliphatic carbocycles. The Morgan fingerprint density at radius 2 is 1.71 bits per heavy atom. The van der Waals surface area contributed by atoms with Crippen molar-refractivity contribution in [2.75, 3.05) is 28.6 Å². The van der Waals surface area contributed by atoms with Crippen LogP contribution in [0.1, 0.15) is 56.6 Å². The predicted molar refractivity (Wildman–Crippen MR) is 129 cm³/mol. The van der Waals surface area contributed by atoms with Crippen LogP contribution in [0.3, 0.4) is 0 Å². The molecule has 0 unspecified atom stereocenters. The molecule has 2 aromatic carbocycles. The van der Waals surface area contributed by atoms with Crippen molar-refractivity contribution in [3.63, 3.8) is 0 Å². The molecule has 0 aromatic heterocycles. The predicted octanol–water partition coefficient (Wildman–Crippen LogP) is 7.11. The second kappa shape index (κ2) is 12.2. The van der Waals surface area contributed by atoms with E-state index in [4.69, 9.17) is 0 Å². The van der Waals surface area contributed by atoms with Crippen molar-refractivity contribution >= 4 is 23.0 Å². The molecule has 3 rings (SSSR count). The number of unbranched alkanes of at least 4 members (excludes halogenated alkanes) is 2. The van der Waals surface area contributed by atoms with Crippen LogP contribution in [0.15, 0.2) is 42.5 Å². The zero-order chi connectivity index (χ0) is 25.4. The Bertz CT molecular complexity index is 958. The largest absolute Gasteiger partial charge is 0.416 e. The number of carbonyl (C=O) groups is 1. The normalized spacial score (nSPS) is 15.7. The van der Waals surface area contributed by atoms with Crippen LogP contribution in [0.5, 0.6) is 0 Å². The minimum Gasteiger partial charge on any atom is -0.381 e. The monoisotopic (exact) mass is 497 g/mol. The number of nitrogens with zero attached hydrogens (tertiary/aromatic N) is 1.